The maximum Gasteiger partial charge on any atom is 0.294 e. The molecule has 2 heterocycles. The molecule has 1 aliphatic rings. The number of nitrogens with zero attached hydrogens (tertiary/aromatic N) is 2. The SMILES string of the molecule is C[C@H]1CN(CCc2ccccc2)CC[C@@H]1N(C(=O)c1ccco1)c1ccccc1. The van der Waals surface area contributed by atoms with E-state index in [2.05, 4.69) is 42.2 Å². The Morgan fingerprint density at radius 2 is 1.76 bits per heavy atom. The zero-order chi connectivity index (χ0) is 20.1. The minimum absolute atomic E-state index is 0.0595. The van der Waals surface area contributed by atoms with Crippen LogP contribution in [0.1, 0.15) is 29.5 Å². The molecule has 4 rings (SSSR count). The summed E-state index contributed by atoms with van der Waals surface area (Å²) in [6.45, 7) is 5.30. The van der Waals surface area contributed by atoms with Crippen LogP contribution in [-0.2, 0) is 6.42 Å². The molecule has 0 N–H and O–H groups in total. The van der Waals surface area contributed by atoms with Gasteiger partial charge in [-0.2, -0.15) is 0 Å². The van der Waals surface area contributed by atoms with Gasteiger partial charge in [0.2, 0.25) is 0 Å². The van der Waals surface area contributed by atoms with Crippen molar-refractivity contribution < 1.29 is 9.21 Å². The number of hydrogen-bond acceptors (Lipinski definition) is 3. The maximum atomic E-state index is 13.3. The van der Waals surface area contributed by atoms with Crippen molar-refractivity contribution in [3.63, 3.8) is 0 Å². The van der Waals surface area contributed by atoms with Crippen molar-refractivity contribution in [3.05, 3.63) is 90.4 Å². The number of furan rings is 1. The minimum Gasteiger partial charge on any atom is -0.459 e. The van der Waals surface area contributed by atoms with E-state index in [9.17, 15) is 4.79 Å². The fraction of sp³-hybridized carbons (Fsp3) is 0.320. The predicted octanol–water partition coefficient (Wildman–Crippen LogP) is 4.88. The summed E-state index contributed by atoms with van der Waals surface area (Å²) in [6, 6.07) is 24.3. The summed E-state index contributed by atoms with van der Waals surface area (Å²) in [4.78, 5) is 17.7. The first-order valence-electron chi connectivity index (χ1n) is 10.4. The third-order valence-electron chi connectivity index (χ3n) is 5.82. The molecule has 2 aromatic carbocycles. The van der Waals surface area contributed by atoms with Crippen LogP contribution in [0.15, 0.2) is 83.5 Å². The number of anilines is 1. The van der Waals surface area contributed by atoms with Crippen LogP contribution in [0.3, 0.4) is 0 Å². The van der Waals surface area contributed by atoms with E-state index in [1.807, 2.05) is 35.2 Å². The highest BCUT2D eigenvalue weighted by molar-refractivity contribution is 6.04. The molecule has 1 fully saturated rings. The summed E-state index contributed by atoms with van der Waals surface area (Å²) in [5.74, 6) is 0.710. The molecule has 2 atom stereocenters. The van der Waals surface area contributed by atoms with Gasteiger partial charge in [-0.05, 0) is 48.6 Å². The molecule has 0 spiro atoms. The molecule has 0 radical (unpaired) electrons. The smallest absolute Gasteiger partial charge is 0.294 e. The Hall–Kier alpha value is -2.85. The van der Waals surface area contributed by atoms with Crippen LogP contribution in [0.5, 0.6) is 0 Å². The third kappa shape index (κ3) is 4.60. The molecule has 150 valence electrons. The van der Waals surface area contributed by atoms with Crippen molar-refractivity contribution in [1.29, 1.82) is 0 Å². The molecule has 1 saturated heterocycles. The molecule has 0 saturated carbocycles. The standard InChI is InChI=1S/C25H28N2O2/c1-20-19-26(16-14-21-9-4-2-5-10-21)17-15-23(20)27(22-11-6-3-7-12-22)25(28)24-13-8-18-29-24/h2-13,18,20,23H,14-17,19H2,1H3/t20-,23-/m0/s1. The molecule has 0 aliphatic carbocycles. The largest absolute Gasteiger partial charge is 0.459 e. The second-order valence-corrected chi connectivity index (χ2v) is 7.86. The fourth-order valence-electron chi connectivity index (χ4n) is 4.31. The Morgan fingerprint density at radius 1 is 1.03 bits per heavy atom. The van der Waals surface area contributed by atoms with Gasteiger partial charge < -0.3 is 14.2 Å². The van der Waals surface area contributed by atoms with E-state index < -0.39 is 0 Å². The number of hydrogen-bond donors (Lipinski definition) is 0. The molecular formula is C25H28N2O2. The van der Waals surface area contributed by atoms with Gasteiger partial charge in [0.1, 0.15) is 0 Å². The normalized spacial score (nSPS) is 19.8. The molecule has 4 heteroatoms. The Kier molecular flexibility index (Phi) is 6.11. The van der Waals surface area contributed by atoms with Gasteiger partial charge in [0, 0.05) is 31.4 Å². The van der Waals surface area contributed by atoms with E-state index in [4.69, 9.17) is 4.42 Å². The van der Waals surface area contributed by atoms with E-state index in [0.29, 0.717) is 11.7 Å². The topological polar surface area (TPSA) is 36.7 Å². The Labute approximate surface area is 172 Å². The molecule has 1 aliphatic heterocycles. The molecular weight excluding hydrogens is 360 g/mol. The molecule has 0 unspecified atom stereocenters. The number of para-hydroxylation sites is 1. The van der Waals surface area contributed by atoms with Gasteiger partial charge in [-0.15, -0.1) is 0 Å². The number of piperidine rings is 1. The van der Waals surface area contributed by atoms with Crippen molar-refractivity contribution in [2.75, 3.05) is 24.5 Å². The summed E-state index contributed by atoms with van der Waals surface area (Å²) in [6.07, 6.45) is 3.58. The van der Waals surface area contributed by atoms with Crippen molar-refractivity contribution in [2.24, 2.45) is 5.92 Å². The average molecular weight is 389 g/mol. The molecule has 1 amide bonds. The fourth-order valence-corrected chi connectivity index (χ4v) is 4.31. The second kappa shape index (κ2) is 9.10. The summed E-state index contributed by atoms with van der Waals surface area (Å²) in [5.41, 5.74) is 2.31. The first-order chi connectivity index (χ1) is 14.2. The van der Waals surface area contributed by atoms with Crippen molar-refractivity contribution >= 4 is 11.6 Å². The Morgan fingerprint density at radius 3 is 2.41 bits per heavy atom. The van der Waals surface area contributed by atoms with Crippen molar-refractivity contribution in [1.82, 2.24) is 4.90 Å². The van der Waals surface area contributed by atoms with Gasteiger partial charge >= 0.3 is 0 Å². The highest BCUT2D eigenvalue weighted by atomic mass is 16.3. The summed E-state index contributed by atoms with van der Waals surface area (Å²) in [7, 11) is 0. The van der Waals surface area contributed by atoms with Crippen LogP contribution in [0.4, 0.5) is 5.69 Å². The van der Waals surface area contributed by atoms with Crippen LogP contribution in [0.25, 0.3) is 0 Å². The number of carbonyl (C=O) groups is 1. The molecule has 29 heavy (non-hydrogen) atoms. The van der Waals surface area contributed by atoms with Gasteiger partial charge in [-0.3, -0.25) is 4.79 Å². The quantitative estimate of drug-likeness (QED) is 0.604. The van der Waals surface area contributed by atoms with Crippen LogP contribution in [0, 0.1) is 5.92 Å². The molecule has 3 aromatic rings. The third-order valence-corrected chi connectivity index (χ3v) is 5.82. The van der Waals surface area contributed by atoms with Gasteiger partial charge in [-0.1, -0.05) is 55.5 Å². The van der Waals surface area contributed by atoms with E-state index in [1.165, 1.54) is 5.56 Å². The first-order valence-corrected chi connectivity index (χ1v) is 10.4. The average Bonchev–Trinajstić information content (AvgIpc) is 3.30. The first kappa shape index (κ1) is 19.5. The van der Waals surface area contributed by atoms with Crippen LogP contribution in [0.2, 0.25) is 0 Å². The van der Waals surface area contributed by atoms with Gasteiger partial charge in [-0.25, -0.2) is 0 Å². The molecule has 1 aromatic heterocycles. The number of benzene rings is 2. The Balaban J connectivity index is 1.47. The van der Waals surface area contributed by atoms with E-state index in [0.717, 1.165) is 38.2 Å². The number of rotatable bonds is 6. The minimum atomic E-state index is -0.0595. The highest BCUT2D eigenvalue weighted by Gasteiger charge is 2.35. The molecule has 4 nitrogen and oxygen atoms in total. The molecule has 0 bridgehead atoms. The van der Waals surface area contributed by atoms with Gasteiger partial charge in [0.05, 0.1) is 6.26 Å². The predicted molar refractivity (Wildman–Crippen MR) is 116 cm³/mol. The lowest BCUT2D eigenvalue weighted by Crippen LogP contribution is -2.52. The second-order valence-electron chi connectivity index (χ2n) is 7.86. The number of carbonyl (C=O) groups excluding carboxylic acids is 1. The zero-order valence-corrected chi connectivity index (χ0v) is 16.9. The van der Waals surface area contributed by atoms with E-state index in [1.54, 1.807) is 18.4 Å². The lowest BCUT2D eigenvalue weighted by molar-refractivity contribution is 0.0906. The Bertz CT molecular complexity index is 893. The lowest BCUT2D eigenvalue weighted by atomic mass is 9.91. The van der Waals surface area contributed by atoms with Crippen molar-refractivity contribution in [2.45, 2.75) is 25.8 Å². The van der Waals surface area contributed by atoms with E-state index >= 15 is 0 Å². The zero-order valence-electron chi connectivity index (χ0n) is 16.9. The van der Waals surface area contributed by atoms with Crippen LogP contribution in [-0.4, -0.2) is 36.5 Å². The maximum absolute atomic E-state index is 13.3. The van der Waals surface area contributed by atoms with Gasteiger partial charge in [0.25, 0.3) is 5.91 Å². The highest BCUT2D eigenvalue weighted by Crippen LogP contribution is 2.29. The number of amides is 1. The van der Waals surface area contributed by atoms with Gasteiger partial charge in [0.15, 0.2) is 5.76 Å². The van der Waals surface area contributed by atoms with Crippen molar-refractivity contribution in [3.8, 4) is 0 Å². The summed E-state index contributed by atoms with van der Waals surface area (Å²) in [5, 5.41) is 0. The van der Waals surface area contributed by atoms with E-state index in [-0.39, 0.29) is 11.9 Å². The monoisotopic (exact) mass is 388 g/mol. The summed E-state index contributed by atoms with van der Waals surface area (Å²) >= 11 is 0. The van der Waals surface area contributed by atoms with Crippen LogP contribution >= 0.6 is 0 Å². The lowest BCUT2D eigenvalue weighted by Gasteiger charge is -2.42. The summed E-state index contributed by atoms with van der Waals surface area (Å²) < 4.78 is 5.43. The van der Waals surface area contributed by atoms with Crippen LogP contribution < -0.4 is 4.90 Å². The number of likely N-dealkylation sites (tertiary alicyclic amines) is 1.